The molecular weight excluding hydrogens is 287 g/mol. The van der Waals surface area contributed by atoms with Gasteiger partial charge in [0.05, 0.1) is 0 Å². The van der Waals surface area contributed by atoms with E-state index in [1.54, 1.807) is 0 Å². The Hall–Kier alpha value is 0.690. The predicted molar refractivity (Wildman–Crippen MR) is 48.5 cm³/mol. The van der Waals surface area contributed by atoms with Crippen LogP contribution in [0.2, 0.25) is 0 Å². The maximum absolute atomic E-state index is 3.15. The maximum atomic E-state index is 3.15. The SMILES string of the molecule is [Ca+2].[I-].[c-]1cccc2ccccc12. The molecule has 2 aromatic carbocycles. The molecule has 0 aliphatic carbocycles. The summed E-state index contributed by atoms with van der Waals surface area (Å²) in [5, 5.41) is 2.44. The van der Waals surface area contributed by atoms with E-state index in [9.17, 15) is 0 Å². The van der Waals surface area contributed by atoms with Gasteiger partial charge in [0.2, 0.25) is 0 Å². The van der Waals surface area contributed by atoms with Gasteiger partial charge in [-0.15, -0.1) is 47.2 Å². The third-order valence-electron chi connectivity index (χ3n) is 1.57. The molecule has 0 nitrogen and oxygen atoms in total. The monoisotopic (exact) mass is 294 g/mol. The van der Waals surface area contributed by atoms with Crippen LogP contribution in [-0.2, 0) is 0 Å². The first-order valence-corrected chi connectivity index (χ1v) is 3.32. The molecular formula is C10H7CaI. The third-order valence-corrected chi connectivity index (χ3v) is 1.57. The maximum Gasteiger partial charge on any atom is 2.00 e. The molecule has 0 heterocycles. The predicted octanol–water partition coefficient (Wildman–Crippen LogP) is -0.737. The number of hydrogen-bond acceptors (Lipinski definition) is 0. The summed E-state index contributed by atoms with van der Waals surface area (Å²) in [7, 11) is 0. The van der Waals surface area contributed by atoms with E-state index in [2.05, 4.69) is 24.3 Å². The fourth-order valence-electron chi connectivity index (χ4n) is 1.06. The van der Waals surface area contributed by atoms with Crippen LogP contribution < -0.4 is 24.0 Å². The van der Waals surface area contributed by atoms with E-state index in [1.165, 1.54) is 10.8 Å². The topological polar surface area (TPSA) is 0 Å². The summed E-state index contributed by atoms with van der Waals surface area (Å²) in [6.07, 6.45) is 0. The average Bonchev–Trinajstić information content (AvgIpc) is 2.05. The van der Waals surface area contributed by atoms with E-state index in [0.717, 1.165) is 0 Å². The molecule has 2 heteroatoms. The van der Waals surface area contributed by atoms with Crippen LogP contribution in [-0.4, -0.2) is 37.7 Å². The van der Waals surface area contributed by atoms with Gasteiger partial charge in [-0.25, -0.2) is 0 Å². The van der Waals surface area contributed by atoms with Crippen LogP contribution >= 0.6 is 0 Å². The average molecular weight is 294 g/mol. The van der Waals surface area contributed by atoms with Crippen molar-refractivity contribution in [3.63, 3.8) is 0 Å². The molecule has 0 atom stereocenters. The van der Waals surface area contributed by atoms with Crippen LogP contribution in [0.4, 0.5) is 0 Å². The second-order valence-electron chi connectivity index (χ2n) is 2.26. The molecule has 0 saturated heterocycles. The van der Waals surface area contributed by atoms with Gasteiger partial charge in [-0.05, 0) is 0 Å². The van der Waals surface area contributed by atoms with E-state index in [4.69, 9.17) is 0 Å². The molecule has 0 unspecified atom stereocenters. The summed E-state index contributed by atoms with van der Waals surface area (Å²) in [5.41, 5.74) is 0. The second kappa shape index (κ2) is 6.19. The molecule has 0 radical (unpaired) electrons. The fraction of sp³-hybridized carbons (Fsp3) is 0. The minimum Gasteiger partial charge on any atom is -1.00 e. The first-order chi connectivity index (χ1) is 4.97. The number of rotatable bonds is 0. The molecule has 12 heavy (non-hydrogen) atoms. The van der Waals surface area contributed by atoms with Crippen LogP contribution in [0, 0.1) is 6.07 Å². The van der Waals surface area contributed by atoms with E-state index in [-0.39, 0.29) is 61.7 Å². The molecule has 2 aromatic rings. The Kier molecular flexibility index (Phi) is 6.55. The number of hydrogen-bond donors (Lipinski definition) is 0. The van der Waals surface area contributed by atoms with Gasteiger partial charge in [0, 0.05) is 0 Å². The summed E-state index contributed by atoms with van der Waals surface area (Å²) in [6.45, 7) is 0. The van der Waals surface area contributed by atoms with Gasteiger partial charge in [0.25, 0.3) is 0 Å². The van der Waals surface area contributed by atoms with E-state index in [1.807, 2.05) is 24.3 Å². The van der Waals surface area contributed by atoms with Crippen molar-refractivity contribution in [3.05, 3.63) is 48.5 Å². The molecule has 0 spiro atoms. The minimum absolute atomic E-state index is 0. The van der Waals surface area contributed by atoms with E-state index < -0.39 is 0 Å². The second-order valence-corrected chi connectivity index (χ2v) is 2.26. The van der Waals surface area contributed by atoms with Crippen molar-refractivity contribution in [1.29, 1.82) is 0 Å². The van der Waals surface area contributed by atoms with Crippen molar-refractivity contribution >= 4 is 48.5 Å². The van der Waals surface area contributed by atoms with Gasteiger partial charge < -0.3 is 24.0 Å². The summed E-state index contributed by atoms with van der Waals surface area (Å²) >= 11 is 0. The van der Waals surface area contributed by atoms with Crippen molar-refractivity contribution in [1.82, 2.24) is 0 Å². The van der Waals surface area contributed by atoms with Crippen LogP contribution in [0.5, 0.6) is 0 Å². The van der Waals surface area contributed by atoms with Crippen molar-refractivity contribution in [3.8, 4) is 0 Å². The molecule has 0 fully saturated rings. The van der Waals surface area contributed by atoms with Crippen molar-refractivity contribution in [2.75, 3.05) is 0 Å². The molecule has 0 amide bonds. The Balaban J connectivity index is 0.000000605. The molecule has 0 bridgehead atoms. The summed E-state index contributed by atoms with van der Waals surface area (Å²) in [4.78, 5) is 0. The Labute approximate surface area is 119 Å². The zero-order chi connectivity index (χ0) is 6.81. The normalized spacial score (nSPS) is 8.33. The minimum atomic E-state index is 0. The largest absolute Gasteiger partial charge is 2.00 e. The Morgan fingerprint density at radius 3 is 2.33 bits per heavy atom. The van der Waals surface area contributed by atoms with Crippen LogP contribution in [0.3, 0.4) is 0 Å². The van der Waals surface area contributed by atoms with Crippen molar-refractivity contribution in [2.45, 2.75) is 0 Å². The Morgan fingerprint density at radius 2 is 1.58 bits per heavy atom. The van der Waals surface area contributed by atoms with Crippen LogP contribution in [0.25, 0.3) is 10.8 Å². The van der Waals surface area contributed by atoms with Gasteiger partial charge >= 0.3 is 37.7 Å². The Bertz CT molecular complexity index is 281. The first-order valence-electron chi connectivity index (χ1n) is 3.32. The molecule has 2 rings (SSSR count). The molecule has 0 aliphatic heterocycles. The fourth-order valence-corrected chi connectivity index (χ4v) is 1.06. The first kappa shape index (κ1) is 12.7. The number of fused-ring (bicyclic) bond motifs is 1. The smallest absolute Gasteiger partial charge is 1.00 e. The van der Waals surface area contributed by atoms with Crippen LogP contribution in [0.15, 0.2) is 42.5 Å². The quantitative estimate of drug-likeness (QED) is 0.341. The standard InChI is InChI=1S/C10H7.Ca.HI/c1-2-6-10-8-4-3-7-9(10)5-1;;/h1-7H;;1H/q-1;+2;/p-1. The third kappa shape index (κ3) is 2.87. The van der Waals surface area contributed by atoms with Gasteiger partial charge in [-0.3, -0.25) is 0 Å². The van der Waals surface area contributed by atoms with Gasteiger partial charge in [0.15, 0.2) is 0 Å². The van der Waals surface area contributed by atoms with Gasteiger partial charge in [-0.2, -0.15) is 0 Å². The summed E-state index contributed by atoms with van der Waals surface area (Å²) in [5.74, 6) is 0. The van der Waals surface area contributed by atoms with Gasteiger partial charge in [-0.1, -0.05) is 12.1 Å². The summed E-state index contributed by atoms with van der Waals surface area (Å²) in [6, 6.07) is 17.4. The molecule has 0 N–H and O–H groups in total. The molecule has 0 aliphatic rings. The number of halogens is 1. The molecule has 0 aromatic heterocycles. The van der Waals surface area contributed by atoms with Gasteiger partial charge in [0.1, 0.15) is 0 Å². The zero-order valence-corrected chi connectivity index (χ0v) is 11.0. The van der Waals surface area contributed by atoms with Crippen molar-refractivity contribution < 1.29 is 24.0 Å². The van der Waals surface area contributed by atoms with E-state index >= 15 is 0 Å². The van der Waals surface area contributed by atoms with Crippen molar-refractivity contribution in [2.24, 2.45) is 0 Å². The Morgan fingerprint density at radius 1 is 0.917 bits per heavy atom. The number of benzene rings is 2. The zero-order valence-electron chi connectivity index (χ0n) is 6.63. The van der Waals surface area contributed by atoms with Crippen LogP contribution in [0.1, 0.15) is 0 Å². The molecule has 0 saturated carbocycles. The molecule has 56 valence electrons. The summed E-state index contributed by atoms with van der Waals surface area (Å²) < 4.78 is 0. The van der Waals surface area contributed by atoms with E-state index in [0.29, 0.717) is 0 Å².